The van der Waals surface area contributed by atoms with Crippen molar-refractivity contribution >= 4 is 11.0 Å². The summed E-state index contributed by atoms with van der Waals surface area (Å²) in [4.78, 5) is 0. The second kappa shape index (κ2) is 5.44. The summed E-state index contributed by atoms with van der Waals surface area (Å²) in [5, 5.41) is 3.22. The highest BCUT2D eigenvalue weighted by atomic mass is 19.3. The minimum atomic E-state index is -2.57. The molecule has 0 bridgehead atoms. The second-order valence-corrected chi connectivity index (χ2v) is 4.10. The Balaban J connectivity index is 2.32. The minimum absolute atomic E-state index is 0.138. The van der Waals surface area contributed by atoms with E-state index in [1.165, 1.54) is 24.3 Å². The first kappa shape index (κ1) is 13.0. The molecule has 5 heteroatoms. The van der Waals surface area contributed by atoms with Crippen molar-refractivity contribution < 1.29 is 17.6 Å². The number of hydrogen-bond acceptors (Lipinski definition) is 2. The third kappa shape index (κ3) is 2.67. The van der Waals surface area contributed by atoms with E-state index in [0.717, 1.165) is 6.42 Å². The van der Waals surface area contributed by atoms with E-state index in [9.17, 15) is 13.2 Å². The van der Waals surface area contributed by atoms with Crippen LogP contribution in [-0.4, -0.2) is 13.0 Å². The zero-order valence-electron chi connectivity index (χ0n) is 9.92. The Labute approximate surface area is 103 Å². The fourth-order valence-corrected chi connectivity index (χ4v) is 1.80. The molecule has 18 heavy (non-hydrogen) atoms. The van der Waals surface area contributed by atoms with Crippen LogP contribution in [0.5, 0.6) is 0 Å². The third-order valence-corrected chi connectivity index (χ3v) is 2.67. The lowest BCUT2D eigenvalue weighted by molar-refractivity contribution is 0.0889. The lowest BCUT2D eigenvalue weighted by Gasteiger charge is -2.14. The average Bonchev–Trinajstić information content (AvgIpc) is 2.71. The van der Waals surface area contributed by atoms with Gasteiger partial charge in [0.25, 0.3) is 6.43 Å². The molecule has 0 aliphatic heterocycles. The van der Waals surface area contributed by atoms with Gasteiger partial charge in [-0.1, -0.05) is 6.92 Å². The standard InChI is InChI=1S/C13H14F3NO/c1-2-5-17-12(13(15)16)11-7-8-6-9(14)3-4-10(8)18-11/h3-4,6-7,12-13,17H,2,5H2,1H3. The lowest BCUT2D eigenvalue weighted by Crippen LogP contribution is -2.27. The summed E-state index contributed by atoms with van der Waals surface area (Å²) in [5.41, 5.74) is 0.412. The van der Waals surface area contributed by atoms with E-state index in [-0.39, 0.29) is 5.76 Å². The quantitative estimate of drug-likeness (QED) is 0.879. The summed E-state index contributed by atoms with van der Waals surface area (Å²) >= 11 is 0. The molecule has 0 saturated carbocycles. The highest BCUT2D eigenvalue weighted by Gasteiger charge is 2.25. The van der Waals surface area contributed by atoms with Crippen LogP contribution in [0.1, 0.15) is 25.1 Å². The molecule has 0 amide bonds. The number of nitrogens with one attached hydrogen (secondary N) is 1. The van der Waals surface area contributed by atoms with Gasteiger partial charge >= 0.3 is 0 Å². The largest absolute Gasteiger partial charge is 0.459 e. The first-order valence-corrected chi connectivity index (χ1v) is 5.82. The molecule has 1 heterocycles. The van der Waals surface area contributed by atoms with Crippen molar-refractivity contribution in [2.75, 3.05) is 6.54 Å². The number of fused-ring (bicyclic) bond motifs is 1. The van der Waals surface area contributed by atoms with Gasteiger partial charge in [-0.2, -0.15) is 0 Å². The molecule has 1 N–H and O–H groups in total. The zero-order valence-corrected chi connectivity index (χ0v) is 9.92. The molecule has 98 valence electrons. The molecule has 2 rings (SSSR count). The molecule has 0 aliphatic carbocycles. The Morgan fingerprint density at radius 1 is 1.28 bits per heavy atom. The molecule has 1 atom stereocenters. The van der Waals surface area contributed by atoms with E-state index in [0.29, 0.717) is 17.5 Å². The summed E-state index contributed by atoms with van der Waals surface area (Å²) in [6.07, 6.45) is -1.82. The van der Waals surface area contributed by atoms with E-state index < -0.39 is 18.3 Å². The minimum Gasteiger partial charge on any atom is -0.459 e. The Morgan fingerprint density at radius 3 is 2.72 bits per heavy atom. The van der Waals surface area contributed by atoms with Crippen LogP contribution in [-0.2, 0) is 0 Å². The number of rotatable bonds is 5. The Morgan fingerprint density at radius 2 is 2.06 bits per heavy atom. The molecular formula is C13H14F3NO. The van der Waals surface area contributed by atoms with Gasteiger partial charge in [0, 0.05) is 5.39 Å². The monoisotopic (exact) mass is 257 g/mol. The molecule has 1 aromatic carbocycles. The normalized spacial score (nSPS) is 13.4. The molecule has 0 fully saturated rings. The van der Waals surface area contributed by atoms with Crippen LogP contribution in [0.3, 0.4) is 0 Å². The lowest BCUT2D eigenvalue weighted by atomic mass is 10.2. The number of benzene rings is 1. The van der Waals surface area contributed by atoms with Gasteiger partial charge in [-0.05, 0) is 37.2 Å². The summed E-state index contributed by atoms with van der Waals surface area (Å²) in [5.74, 6) is -0.274. The van der Waals surface area contributed by atoms with Gasteiger partial charge in [0.2, 0.25) is 0 Å². The van der Waals surface area contributed by atoms with E-state index >= 15 is 0 Å². The van der Waals surface area contributed by atoms with Crippen LogP contribution in [0.25, 0.3) is 11.0 Å². The first-order valence-electron chi connectivity index (χ1n) is 5.82. The van der Waals surface area contributed by atoms with Gasteiger partial charge in [-0.15, -0.1) is 0 Å². The maximum absolute atomic E-state index is 13.0. The maximum Gasteiger partial charge on any atom is 0.260 e. The Bertz CT molecular complexity index is 524. The van der Waals surface area contributed by atoms with Crippen molar-refractivity contribution in [3.63, 3.8) is 0 Å². The van der Waals surface area contributed by atoms with Gasteiger partial charge in [-0.3, -0.25) is 0 Å². The van der Waals surface area contributed by atoms with Crippen LogP contribution >= 0.6 is 0 Å². The zero-order chi connectivity index (χ0) is 13.1. The van der Waals surface area contributed by atoms with Crippen molar-refractivity contribution in [2.24, 2.45) is 0 Å². The first-order chi connectivity index (χ1) is 8.61. The van der Waals surface area contributed by atoms with Gasteiger partial charge in [-0.25, -0.2) is 13.2 Å². The van der Waals surface area contributed by atoms with Crippen molar-refractivity contribution in [3.05, 3.63) is 35.8 Å². The van der Waals surface area contributed by atoms with Crippen molar-refractivity contribution in [2.45, 2.75) is 25.8 Å². The predicted octanol–water partition coefficient (Wildman–Crippen LogP) is 3.88. The van der Waals surface area contributed by atoms with E-state index in [2.05, 4.69) is 5.32 Å². The fraction of sp³-hybridized carbons (Fsp3) is 0.385. The smallest absolute Gasteiger partial charge is 0.260 e. The van der Waals surface area contributed by atoms with Crippen LogP contribution in [0.4, 0.5) is 13.2 Å². The molecule has 0 aliphatic rings. The molecule has 1 aromatic heterocycles. The van der Waals surface area contributed by atoms with Crippen LogP contribution < -0.4 is 5.32 Å². The molecule has 0 radical (unpaired) electrons. The molecule has 0 saturated heterocycles. The van der Waals surface area contributed by atoms with Crippen molar-refractivity contribution in [1.82, 2.24) is 5.32 Å². The number of hydrogen-bond donors (Lipinski definition) is 1. The van der Waals surface area contributed by atoms with E-state index in [1.54, 1.807) is 0 Å². The molecule has 2 aromatic rings. The van der Waals surface area contributed by atoms with Crippen LogP contribution in [0.15, 0.2) is 28.7 Å². The maximum atomic E-state index is 13.0. The van der Waals surface area contributed by atoms with Crippen molar-refractivity contribution in [1.29, 1.82) is 0 Å². The molecule has 2 nitrogen and oxygen atoms in total. The molecular weight excluding hydrogens is 243 g/mol. The average molecular weight is 257 g/mol. The Kier molecular flexibility index (Phi) is 3.91. The highest BCUT2D eigenvalue weighted by Crippen LogP contribution is 2.28. The number of furan rings is 1. The van der Waals surface area contributed by atoms with Gasteiger partial charge < -0.3 is 9.73 Å². The summed E-state index contributed by atoms with van der Waals surface area (Å²) in [7, 11) is 0. The summed E-state index contributed by atoms with van der Waals surface area (Å²) < 4.78 is 44.2. The Hall–Kier alpha value is -1.49. The third-order valence-electron chi connectivity index (χ3n) is 2.67. The van der Waals surface area contributed by atoms with Crippen molar-refractivity contribution in [3.8, 4) is 0 Å². The second-order valence-electron chi connectivity index (χ2n) is 4.10. The fourth-order valence-electron chi connectivity index (χ4n) is 1.80. The number of alkyl halides is 2. The molecule has 0 spiro atoms. The number of halogens is 3. The summed E-state index contributed by atoms with van der Waals surface area (Å²) in [6, 6.07) is 4.26. The topological polar surface area (TPSA) is 25.2 Å². The van der Waals surface area contributed by atoms with Gasteiger partial charge in [0.15, 0.2) is 0 Å². The van der Waals surface area contributed by atoms with E-state index in [1.807, 2.05) is 6.92 Å². The highest BCUT2D eigenvalue weighted by molar-refractivity contribution is 5.78. The molecule has 1 unspecified atom stereocenters. The van der Waals surface area contributed by atoms with Crippen LogP contribution in [0, 0.1) is 5.82 Å². The summed E-state index contributed by atoms with van der Waals surface area (Å²) in [6.45, 7) is 2.37. The predicted molar refractivity (Wildman–Crippen MR) is 63.2 cm³/mol. The van der Waals surface area contributed by atoms with E-state index in [4.69, 9.17) is 4.42 Å². The SMILES string of the molecule is CCCNC(c1cc2cc(F)ccc2o1)C(F)F. The van der Waals surface area contributed by atoms with Gasteiger partial charge in [0.05, 0.1) is 0 Å². The van der Waals surface area contributed by atoms with Gasteiger partial charge in [0.1, 0.15) is 23.2 Å². The van der Waals surface area contributed by atoms with Crippen LogP contribution in [0.2, 0.25) is 0 Å².